The highest BCUT2D eigenvalue weighted by molar-refractivity contribution is 4.84. The maximum absolute atomic E-state index is 2.30. The van der Waals surface area contributed by atoms with Gasteiger partial charge >= 0.3 is 0 Å². The van der Waals surface area contributed by atoms with Crippen LogP contribution >= 0.6 is 0 Å². The van der Waals surface area contributed by atoms with Crippen LogP contribution < -0.4 is 0 Å². The second-order valence-electron chi connectivity index (χ2n) is 4.22. The van der Waals surface area contributed by atoms with Crippen LogP contribution in [0.25, 0.3) is 0 Å². The van der Waals surface area contributed by atoms with Gasteiger partial charge in [-0.1, -0.05) is 37.1 Å². The van der Waals surface area contributed by atoms with Gasteiger partial charge in [0.2, 0.25) is 0 Å². The molecule has 0 heterocycles. The van der Waals surface area contributed by atoms with Crippen molar-refractivity contribution in [3.63, 3.8) is 0 Å². The first-order valence-electron chi connectivity index (χ1n) is 6.30. The Morgan fingerprint density at radius 3 is 0.929 bits per heavy atom. The Kier molecular flexibility index (Phi) is 7.47. The SMILES string of the molecule is C1=CCCCCC1.C1=CCCCCC1. The summed E-state index contributed by atoms with van der Waals surface area (Å²) in [7, 11) is 0. The van der Waals surface area contributed by atoms with Gasteiger partial charge in [0, 0.05) is 0 Å². The standard InChI is InChI=1S/2C7H12/c2*1-2-4-6-7-5-3-1/h2*1-2H,3-7H2. The Labute approximate surface area is 89.1 Å². The van der Waals surface area contributed by atoms with E-state index in [1.165, 1.54) is 64.2 Å². The molecule has 14 heavy (non-hydrogen) atoms. The predicted molar refractivity (Wildman–Crippen MR) is 64.5 cm³/mol. The Hall–Kier alpha value is -0.520. The number of allylic oxidation sites excluding steroid dienone is 4. The van der Waals surface area contributed by atoms with Crippen LogP contribution in [0.2, 0.25) is 0 Å². The predicted octanol–water partition coefficient (Wildman–Crippen LogP) is 5.01. The molecular weight excluding hydrogens is 168 g/mol. The van der Waals surface area contributed by atoms with Crippen LogP contribution in [0.1, 0.15) is 64.2 Å². The lowest BCUT2D eigenvalue weighted by molar-refractivity contribution is 0.718. The fraction of sp³-hybridized carbons (Fsp3) is 0.714. The molecule has 0 fully saturated rings. The lowest BCUT2D eigenvalue weighted by Gasteiger charge is -1.86. The highest BCUT2D eigenvalue weighted by atomic mass is 14.0. The molecular formula is C14H24. The number of hydrogen-bond donors (Lipinski definition) is 0. The molecule has 0 bridgehead atoms. The molecule has 2 rings (SSSR count). The van der Waals surface area contributed by atoms with Crippen LogP contribution in [0, 0.1) is 0 Å². The third-order valence-electron chi connectivity index (χ3n) is 2.82. The zero-order valence-electron chi connectivity index (χ0n) is 9.38. The van der Waals surface area contributed by atoms with E-state index < -0.39 is 0 Å². The molecule has 0 amide bonds. The van der Waals surface area contributed by atoms with E-state index in [1.807, 2.05) is 0 Å². The summed E-state index contributed by atoms with van der Waals surface area (Å²) in [4.78, 5) is 0. The summed E-state index contributed by atoms with van der Waals surface area (Å²) in [6, 6.07) is 0. The van der Waals surface area contributed by atoms with Gasteiger partial charge in [-0.15, -0.1) is 0 Å². The number of hydrogen-bond acceptors (Lipinski definition) is 0. The lowest BCUT2D eigenvalue weighted by Crippen LogP contribution is -1.67. The van der Waals surface area contributed by atoms with Crippen molar-refractivity contribution in [1.82, 2.24) is 0 Å². The minimum Gasteiger partial charge on any atom is -0.0885 e. The van der Waals surface area contributed by atoms with E-state index in [1.54, 1.807) is 0 Å². The van der Waals surface area contributed by atoms with Crippen LogP contribution in [0.4, 0.5) is 0 Å². The lowest BCUT2D eigenvalue weighted by atomic mass is 10.2. The van der Waals surface area contributed by atoms with Gasteiger partial charge in [0.15, 0.2) is 0 Å². The molecule has 0 nitrogen and oxygen atoms in total. The van der Waals surface area contributed by atoms with E-state index in [0.717, 1.165) is 0 Å². The van der Waals surface area contributed by atoms with Crippen molar-refractivity contribution in [2.24, 2.45) is 0 Å². The summed E-state index contributed by atoms with van der Waals surface area (Å²) in [5.41, 5.74) is 0. The third-order valence-corrected chi connectivity index (χ3v) is 2.82. The van der Waals surface area contributed by atoms with E-state index in [9.17, 15) is 0 Å². The van der Waals surface area contributed by atoms with Crippen molar-refractivity contribution < 1.29 is 0 Å². The Morgan fingerprint density at radius 2 is 0.643 bits per heavy atom. The topological polar surface area (TPSA) is 0 Å². The van der Waals surface area contributed by atoms with E-state index in [2.05, 4.69) is 24.3 Å². The molecule has 0 aromatic carbocycles. The van der Waals surface area contributed by atoms with Crippen LogP contribution in [0.3, 0.4) is 0 Å². The Morgan fingerprint density at radius 1 is 0.357 bits per heavy atom. The van der Waals surface area contributed by atoms with Gasteiger partial charge in [0.25, 0.3) is 0 Å². The van der Waals surface area contributed by atoms with Gasteiger partial charge in [0.05, 0.1) is 0 Å². The minimum absolute atomic E-state index is 1.32. The van der Waals surface area contributed by atoms with Crippen molar-refractivity contribution in [2.45, 2.75) is 64.2 Å². The molecule has 0 spiro atoms. The highest BCUT2D eigenvalue weighted by Gasteiger charge is 1.89. The van der Waals surface area contributed by atoms with Crippen molar-refractivity contribution in [2.75, 3.05) is 0 Å². The zero-order valence-corrected chi connectivity index (χ0v) is 9.38. The van der Waals surface area contributed by atoms with Gasteiger partial charge in [-0.25, -0.2) is 0 Å². The minimum atomic E-state index is 1.32. The maximum atomic E-state index is 2.30. The van der Waals surface area contributed by atoms with Gasteiger partial charge < -0.3 is 0 Å². The molecule has 2 aliphatic rings. The molecule has 2 aliphatic carbocycles. The Balaban J connectivity index is 0.000000140. The van der Waals surface area contributed by atoms with Crippen molar-refractivity contribution in [3.8, 4) is 0 Å². The monoisotopic (exact) mass is 192 g/mol. The van der Waals surface area contributed by atoms with Crippen molar-refractivity contribution in [1.29, 1.82) is 0 Å². The summed E-state index contributed by atoms with van der Waals surface area (Å²) in [6.07, 6.45) is 23.0. The molecule has 0 aliphatic heterocycles. The first-order chi connectivity index (χ1) is 7.00. The Bertz CT molecular complexity index is 129. The summed E-state index contributed by atoms with van der Waals surface area (Å²) in [6.45, 7) is 0. The first-order valence-corrected chi connectivity index (χ1v) is 6.30. The molecule has 0 N–H and O–H groups in total. The molecule has 0 unspecified atom stereocenters. The van der Waals surface area contributed by atoms with Crippen molar-refractivity contribution in [3.05, 3.63) is 24.3 Å². The third kappa shape index (κ3) is 6.94. The molecule has 0 saturated heterocycles. The zero-order chi connectivity index (χ0) is 9.90. The summed E-state index contributed by atoms with van der Waals surface area (Å²) in [5.74, 6) is 0. The molecule has 0 radical (unpaired) electrons. The molecule has 0 aromatic rings. The molecule has 0 aromatic heterocycles. The van der Waals surface area contributed by atoms with E-state index >= 15 is 0 Å². The van der Waals surface area contributed by atoms with E-state index in [-0.39, 0.29) is 0 Å². The van der Waals surface area contributed by atoms with Gasteiger partial charge in [0.1, 0.15) is 0 Å². The molecule has 0 heteroatoms. The summed E-state index contributed by atoms with van der Waals surface area (Å²) < 4.78 is 0. The quantitative estimate of drug-likeness (QED) is 0.473. The second kappa shape index (κ2) is 9.05. The smallest absolute Gasteiger partial charge is 0.0351 e. The second-order valence-corrected chi connectivity index (χ2v) is 4.22. The van der Waals surface area contributed by atoms with Crippen molar-refractivity contribution >= 4 is 0 Å². The highest BCUT2D eigenvalue weighted by Crippen LogP contribution is 2.09. The van der Waals surface area contributed by atoms with Crippen LogP contribution in [0.5, 0.6) is 0 Å². The largest absolute Gasteiger partial charge is 0.0885 e. The van der Waals surface area contributed by atoms with E-state index in [4.69, 9.17) is 0 Å². The summed E-state index contributed by atoms with van der Waals surface area (Å²) in [5, 5.41) is 0. The van der Waals surface area contributed by atoms with Crippen LogP contribution in [0.15, 0.2) is 24.3 Å². The normalized spacial score (nSPS) is 21.7. The van der Waals surface area contributed by atoms with E-state index in [0.29, 0.717) is 0 Å². The first kappa shape index (κ1) is 11.6. The van der Waals surface area contributed by atoms with Crippen LogP contribution in [-0.2, 0) is 0 Å². The van der Waals surface area contributed by atoms with Crippen LogP contribution in [-0.4, -0.2) is 0 Å². The fourth-order valence-corrected chi connectivity index (χ4v) is 1.87. The van der Waals surface area contributed by atoms with Gasteiger partial charge in [-0.3, -0.25) is 0 Å². The fourth-order valence-electron chi connectivity index (χ4n) is 1.87. The van der Waals surface area contributed by atoms with Gasteiger partial charge in [-0.2, -0.15) is 0 Å². The van der Waals surface area contributed by atoms with Gasteiger partial charge in [-0.05, 0) is 51.4 Å². The molecule has 0 atom stereocenters. The molecule has 80 valence electrons. The average molecular weight is 192 g/mol. The average Bonchev–Trinajstić information content (AvgIpc) is 2.68. The number of rotatable bonds is 0. The summed E-state index contributed by atoms with van der Waals surface area (Å²) >= 11 is 0. The molecule has 0 saturated carbocycles. The maximum Gasteiger partial charge on any atom is -0.0351 e.